The molecule has 0 radical (unpaired) electrons. The molecule has 1 nitrogen and oxygen atoms in total. The summed E-state index contributed by atoms with van der Waals surface area (Å²) in [7, 11) is 0. The van der Waals surface area contributed by atoms with E-state index in [1.165, 1.54) is 0 Å². The Kier molecular flexibility index (Phi) is 3.54. The maximum Gasteiger partial charge on any atom is 0.358 e. The smallest absolute Gasteiger partial charge is 0.358 e. The van der Waals surface area contributed by atoms with Gasteiger partial charge in [-0.2, -0.15) is 0 Å². The van der Waals surface area contributed by atoms with Crippen molar-refractivity contribution in [3.05, 3.63) is 58.6 Å². The van der Waals surface area contributed by atoms with Gasteiger partial charge in [0.25, 0.3) is 0 Å². The van der Waals surface area contributed by atoms with Gasteiger partial charge in [0, 0.05) is 10.0 Å². The van der Waals surface area contributed by atoms with Crippen LogP contribution in [0, 0.1) is 0 Å². The van der Waals surface area contributed by atoms with E-state index >= 15 is 0 Å². The Morgan fingerprint density at radius 3 is 1.31 bits per heavy atom. The lowest BCUT2D eigenvalue weighted by atomic mass is 9.56. The molecule has 0 aliphatic carbocycles. The van der Waals surface area contributed by atoms with E-state index in [4.69, 9.17) is 23.2 Å². The molecule has 0 aliphatic rings. The van der Waals surface area contributed by atoms with E-state index < -0.39 is 6.92 Å². The first kappa shape index (κ1) is 11.5. The summed E-state index contributed by atoms with van der Waals surface area (Å²) in [5.74, 6) is 0. The molecule has 0 unspecified atom stereocenters. The van der Waals surface area contributed by atoms with E-state index in [-0.39, 0.29) is 0 Å². The predicted octanol–water partition coefficient (Wildman–Crippen LogP) is 2.09. The predicted molar refractivity (Wildman–Crippen MR) is 70.1 cm³/mol. The van der Waals surface area contributed by atoms with Crippen molar-refractivity contribution in [1.29, 1.82) is 0 Å². The maximum absolute atomic E-state index is 10.1. The third-order valence-corrected chi connectivity index (χ3v) is 2.88. The molecule has 0 aliphatic heterocycles. The Hall–Kier alpha value is -0.955. The minimum absolute atomic E-state index is 0.644. The zero-order chi connectivity index (χ0) is 11.5. The first-order valence-electron chi connectivity index (χ1n) is 4.86. The molecule has 0 saturated carbocycles. The van der Waals surface area contributed by atoms with Crippen molar-refractivity contribution in [3.63, 3.8) is 0 Å². The third kappa shape index (κ3) is 2.59. The monoisotopic (exact) mass is 250 g/mol. The lowest BCUT2D eigenvalue weighted by molar-refractivity contribution is 0.600. The minimum Gasteiger partial charge on any atom is -0.443 e. The van der Waals surface area contributed by atoms with Crippen LogP contribution in [0.15, 0.2) is 48.5 Å². The fourth-order valence-electron chi connectivity index (χ4n) is 1.48. The standard InChI is InChI=1S/C12H9BCl2O/c14-11-5-1-9(2-6-11)13(16)10-3-7-12(15)8-4-10/h1-8,16H. The van der Waals surface area contributed by atoms with Crippen LogP contribution in [0.1, 0.15) is 0 Å². The van der Waals surface area contributed by atoms with Crippen LogP contribution in [-0.2, 0) is 0 Å². The molecule has 0 saturated heterocycles. The van der Waals surface area contributed by atoms with Crippen LogP contribution < -0.4 is 10.9 Å². The van der Waals surface area contributed by atoms with Gasteiger partial charge in [0.1, 0.15) is 0 Å². The molecule has 0 spiro atoms. The maximum atomic E-state index is 10.1. The number of hydrogen-bond acceptors (Lipinski definition) is 1. The summed E-state index contributed by atoms with van der Waals surface area (Å²) in [6, 6.07) is 14.3. The van der Waals surface area contributed by atoms with Gasteiger partial charge in [0.15, 0.2) is 0 Å². The fourth-order valence-corrected chi connectivity index (χ4v) is 1.73. The zero-order valence-corrected chi connectivity index (χ0v) is 9.91. The average Bonchev–Trinajstić information content (AvgIpc) is 2.30. The fraction of sp³-hybridized carbons (Fsp3) is 0. The SMILES string of the molecule is OB(c1ccc(Cl)cc1)c1ccc(Cl)cc1. The van der Waals surface area contributed by atoms with E-state index in [0.717, 1.165) is 10.9 Å². The second-order valence-electron chi connectivity index (χ2n) is 3.51. The van der Waals surface area contributed by atoms with Gasteiger partial charge in [-0.3, -0.25) is 0 Å². The Balaban J connectivity index is 2.28. The molecule has 2 rings (SSSR count). The van der Waals surface area contributed by atoms with E-state index in [1.807, 2.05) is 24.3 Å². The lowest BCUT2D eigenvalue weighted by Gasteiger charge is -2.07. The van der Waals surface area contributed by atoms with Gasteiger partial charge in [-0.25, -0.2) is 0 Å². The second kappa shape index (κ2) is 4.92. The molecule has 0 bridgehead atoms. The largest absolute Gasteiger partial charge is 0.443 e. The van der Waals surface area contributed by atoms with Crippen LogP contribution in [0.5, 0.6) is 0 Å². The number of benzene rings is 2. The van der Waals surface area contributed by atoms with Crippen LogP contribution in [0.25, 0.3) is 0 Å². The molecule has 0 heterocycles. The van der Waals surface area contributed by atoms with E-state index in [1.54, 1.807) is 24.3 Å². The number of halogens is 2. The first-order valence-corrected chi connectivity index (χ1v) is 5.61. The lowest BCUT2D eigenvalue weighted by Crippen LogP contribution is -2.42. The summed E-state index contributed by atoms with van der Waals surface area (Å²) < 4.78 is 0. The average molecular weight is 251 g/mol. The minimum atomic E-state index is -0.644. The first-order chi connectivity index (χ1) is 7.66. The molecular formula is C12H9BCl2O. The van der Waals surface area contributed by atoms with E-state index in [9.17, 15) is 5.02 Å². The zero-order valence-electron chi connectivity index (χ0n) is 8.40. The molecule has 0 atom stereocenters. The summed E-state index contributed by atoms with van der Waals surface area (Å²) in [6.07, 6.45) is 0. The van der Waals surface area contributed by atoms with Crippen molar-refractivity contribution in [2.24, 2.45) is 0 Å². The highest BCUT2D eigenvalue weighted by Gasteiger charge is 2.16. The van der Waals surface area contributed by atoms with Crippen LogP contribution >= 0.6 is 23.2 Å². The Bertz CT molecular complexity index is 422. The van der Waals surface area contributed by atoms with Gasteiger partial charge < -0.3 is 5.02 Å². The molecule has 2 aromatic carbocycles. The topological polar surface area (TPSA) is 20.2 Å². The van der Waals surface area contributed by atoms with E-state index in [2.05, 4.69) is 0 Å². The van der Waals surface area contributed by atoms with Crippen LogP contribution in [-0.4, -0.2) is 11.9 Å². The van der Waals surface area contributed by atoms with Crippen molar-refractivity contribution in [3.8, 4) is 0 Å². The van der Waals surface area contributed by atoms with Crippen molar-refractivity contribution in [1.82, 2.24) is 0 Å². The van der Waals surface area contributed by atoms with Gasteiger partial charge in [-0.15, -0.1) is 0 Å². The third-order valence-electron chi connectivity index (χ3n) is 2.37. The van der Waals surface area contributed by atoms with Crippen molar-refractivity contribution < 1.29 is 5.02 Å². The molecule has 0 aromatic heterocycles. The summed E-state index contributed by atoms with van der Waals surface area (Å²) in [5.41, 5.74) is 1.62. The molecule has 1 N–H and O–H groups in total. The summed E-state index contributed by atoms with van der Waals surface area (Å²) >= 11 is 11.6. The van der Waals surface area contributed by atoms with Crippen molar-refractivity contribution in [2.45, 2.75) is 0 Å². The summed E-state index contributed by atoms with van der Waals surface area (Å²) in [6.45, 7) is -0.644. The highest BCUT2D eigenvalue weighted by molar-refractivity contribution is 6.78. The van der Waals surface area contributed by atoms with Crippen molar-refractivity contribution >= 4 is 41.0 Å². The van der Waals surface area contributed by atoms with Crippen LogP contribution in [0.3, 0.4) is 0 Å². The Morgan fingerprint density at radius 2 is 1.00 bits per heavy atom. The molecule has 0 fully saturated rings. The normalized spacial score (nSPS) is 10.2. The molecule has 80 valence electrons. The van der Waals surface area contributed by atoms with Crippen LogP contribution in [0.2, 0.25) is 10.0 Å². The summed E-state index contributed by atoms with van der Waals surface area (Å²) in [5, 5.41) is 11.4. The number of rotatable bonds is 2. The van der Waals surface area contributed by atoms with Crippen LogP contribution in [0.4, 0.5) is 0 Å². The Labute approximate surface area is 105 Å². The van der Waals surface area contributed by atoms with Crippen molar-refractivity contribution in [2.75, 3.05) is 0 Å². The van der Waals surface area contributed by atoms with Gasteiger partial charge in [-0.1, -0.05) is 47.5 Å². The van der Waals surface area contributed by atoms with Gasteiger partial charge in [-0.05, 0) is 35.2 Å². The van der Waals surface area contributed by atoms with Gasteiger partial charge >= 0.3 is 6.92 Å². The molecule has 0 amide bonds. The molecule has 16 heavy (non-hydrogen) atoms. The highest BCUT2D eigenvalue weighted by atomic mass is 35.5. The van der Waals surface area contributed by atoms with Gasteiger partial charge in [0.2, 0.25) is 0 Å². The number of hydrogen-bond donors (Lipinski definition) is 1. The molecule has 4 heteroatoms. The Morgan fingerprint density at radius 1 is 0.688 bits per heavy atom. The quantitative estimate of drug-likeness (QED) is 0.810. The summed E-state index contributed by atoms with van der Waals surface area (Å²) in [4.78, 5) is 0. The van der Waals surface area contributed by atoms with E-state index in [0.29, 0.717) is 10.0 Å². The molecule has 2 aromatic rings. The molecular weight excluding hydrogens is 242 g/mol. The second-order valence-corrected chi connectivity index (χ2v) is 4.38. The highest BCUT2D eigenvalue weighted by Crippen LogP contribution is 2.06. The van der Waals surface area contributed by atoms with Gasteiger partial charge in [0.05, 0.1) is 0 Å².